The van der Waals surface area contributed by atoms with Crippen molar-refractivity contribution in [2.45, 2.75) is 133 Å². The molecule has 430 valence electrons. The molecule has 3 N–H and O–H groups in total. The largest absolute Gasteiger partial charge is 0.379 e. The molecule has 0 aliphatic rings. The number of nitrogens with zero attached hydrogens (tertiary/aromatic N) is 12. The van der Waals surface area contributed by atoms with Crippen molar-refractivity contribution in [2.75, 3.05) is 65.9 Å². The number of rotatable bonds is 33. The number of hydrogen-bond acceptors (Lipinski definition) is 17. The van der Waals surface area contributed by atoms with E-state index in [0.717, 1.165) is 11.1 Å². The normalized spacial score (nSPS) is 11.6. The van der Waals surface area contributed by atoms with Gasteiger partial charge in [0.15, 0.2) is 0 Å². The summed E-state index contributed by atoms with van der Waals surface area (Å²) < 4.78 is 29.3. The highest BCUT2D eigenvalue weighted by Crippen LogP contribution is 2.29. The first-order chi connectivity index (χ1) is 37.8. The summed E-state index contributed by atoms with van der Waals surface area (Å²) in [6.07, 6.45) is 8.22. The fourth-order valence-corrected chi connectivity index (χ4v) is 7.38. The highest BCUT2D eigenvalue weighted by atomic mass is 16.5. The van der Waals surface area contributed by atoms with Crippen LogP contribution in [-0.4, -0.2) is 161 Å². The van der Waals surface area contributed by atoms with Gasteiger partial charge in [0.05, 0.1) is 90.7 Å². The molecule has 4 heterocycles. The van der Waals surface area contributed by atoms with Gasteiger partial charge in [-0.15, -0.1) is 20.4 Å². The highest BCUT2D eigenvalue weighted by Gasteiger charge is 2.18. The number of aromatic nitrogens is 12. The van der Waals surface area contributed by atoms with E-state index < -0.39 is 0 Å². The zero-order chi connectivity index (χ0) is 57.4. The summed E-state index contributed by atoms with van der Waals surface area (Å²) in [6, 6.07) is 11.9. The molecular weight excluding hydrogens is 1010 g/mol. The van der Waals surface area contributed by atoms with Crippen LogP contribution in [0.5, 0.6) is 0 Å². The number of amides is 2. The first-order valence-corrected chi connectivity index (χ1v) is 27.4. The average Bonchev–Trinajstić information content (AvgIpc) is 4.38. The number of carbonyl (C=O) groups is 4. The summed E-state index contributed by atoms with van der Waals surface area (Å²) in [7, 11) is 0. The Kier molecular flexibility index (Phi) is 25.7. The van der Waals surface area contributed by atoms with E-state index >= 15 is 0 Å². The van der Waals surface area contributed by atoms with E-state index in [0.29, 0.717) is 143 Å². The minimum absolute atomic E-state index is 0.0182. The van der Waals surface area contributed by atoms with Gasteiger partial charge < -0.3 is 34.9 Å². The van der Waals surface area contributed by atoms with E-state index in [2.05, 4.69) is 71.0 Å². The van der Waals surface area contributed by atoms with Gasteiger partial charge >= 0.3 is 0 Å². The highest BCUT2D eigenvalue weighted by molar-refractivity contribution is 5.98. The van der Waals surface area contributed by atoms with Crippen molar-refractivity contribution in [2.24, 2.45) is 11.8 Å². The molecular formula is C56H83N15O8. The summed E-state index contributed by atoms with van der Waals surface area (Å²) in [4.78, 5) is 49.3. The molecule has 0 fully saturated rings. The van der Waals surface area contributed by atoms with Crippen molar-refractivity contribution in [1.82, 2.24) is 75.9 Å². The van der Waals surface area contributed by atoms with E-state index in [-0.39, 0.29) is 53.3 Å². The van der Waals surface area contributed by atoms with E-state index in [1.165, 1.54) is 0 Å². The molecule has 0 aliphatic heterocycles. The Bertz CT molecular complexity index is 2670. The second-order valence-electron chi connectivity index (χ2n) is 20.9. The quantitative estimate of drug-likeness (QED) is 0.0361. The van der Waals surface area contributed by atoms with Crippen molar-refractivity contribution >= 4 is 23.4 Å². The Hall–Kier alpha value is -6.92. The van der Waals surface area contributed by atoms with E-state index in [4.69, 9.17) is 18.9 Å². The zero-order valence-corrected chi connectivity index (χ0v) is 48.3. The molecule has 79 heavy (non-hydrogen) atoms. The van der Waals surface area contributed by atoms with Crippen LogP contribution < -0.4 is 16.0 Å². The van der Waals surface area contributed by atoms with Crippen molar-refractivity contribution in [3.05, 3.63) is 72.3 Å². The summed E-state index contributed by atoms with van der Waals surface area (Å²) in [5.74, 6) is 0.0698. The SMILES string of the molecule is CC(C)NC(=O)c1cc(-c2cn(C(C)C)nn2)cc(-c2cn(C(C)C)nn2)c1.CC(C)NCCNC(=O)c1cc(-c2cn(CCOCCOCCC(=O)C(C)C)nn2)cc(-c2cn(CCOCCOCCC(=O)C(C)C)nn2)c1. The first-order valence-electron chi connectivity index (χ1n) is 27.4. The monoisotopic (exact) mass is 1090 g/mol. The molecule has 23 nitrogen and oxygen atoms in total. The number of ketones is 2. The summed E-state index contributed by atoms with van der Waals surface area (Å²) in [5.41, 5.74) is 6.70. The molecule has 0 spiro atoms. The van der Waals surface area contributed by atoms with E-state index in [1.807, 2.05) is 118 Å². The van der Waals surface area contributed by atoms with Gasteiger partial charge in [-0.1, -0.05) is 62.4 Å². The predicted octanol–water partition coefficient (Wildman–Crippen LogP) is 6.73. The topological polar surface area (TPSA) is 264 Å². The van der Waals surface area contributed by atoms with E-state index in [9.17, 15) is 19.2 Å². The van der Waals surface area contributed by atoms with Crippen LogP contribution in [-0.2, 0) is 41.6 Å². The van der Waals surface area contributed by atoms with Gasteiger partial charge in [-0.25, -0.2) is 18.7 Å². The van der Waals surface area contributed by atoms with Gasteiger partial charge in [-0.2, -0.15) is 0 Å². The second kappa shape index (κ2) is 32.2. The maximum Gasteiger partial charge on any atom is 0.251 e. The zero-order valence-electron chi connectivity index (χ0n) is 48.3. The van der Waals surface area contributed by atoms with Gasteiger partial charge in [0.2, 0.25) is 0 Å². The lowest BCUT2D eigenvalue weighted by Gasteiger charge is -2.10. The first kappa shape index (κ1) is 62.9. The van der Waals surface area contributed by atoms with Gasteiger partial charge in [-0.3, -0.25) is 19.2 Å². The van der Waals surface area contributed by atoms with Crippen LogP contribution >= 0.6 is 0 Å². The molecule has 0 radical (unpaired) electrons. The van der Waals surface area contributed by atoms with Crippen LogP contribution in [0.15, 0.2) is 61.2 Å². The van der Waals surface area contributed by atoms with Gasteiger partial charge in [0.1, 0.15) is 34.3 Å². The van der Waals surface area contributed by atoms with E-state index in [1.54, 1.807) is 30.9 Å². The summed E-state index contributed by atoms with van der Waals surface area (Å²) >= 11 is 0. The lowest BCUT2D eigenvalue weighted by atomic mass is 10.0. The summed E-state index contributed by atoms with van der Waals surface area (Å²) in [6.45, 7) is 29.0. The standard InChI is InChI=1S/C36H56N8O7.C20H27N7O/c1-26(2)34(45)7-13-48-17-19-50-15-11-43-24-32(39-41-43)29-21-30(23-31(22-29)36(47)38-10-9-37-28(5)6)33-25-44(42-40-33)12-16-51-20-18-49-14-8-35(46)27(3)4;1-12(2)21-20(28)17-8-15(18-10-26(13(3)4)24-22-18)7-16(9-17)19-11-27(14(5)6)25-23-19/h21-28,37H,7-20H2,1-6H3,(H,38,47);7-14H,1-6H3,(H,21,28). The number of benzene rings is 2. The average molecular weight is 1090 g/mol. The van der Waals surface area contributed by atoms with Crippen molar-refractivity contribution in [3.63, 3.8) is 0 Å². The third kappa shape index (κ3) is 21.3. The molecule has 0 saturated heterocycles. The van der Waals surface area contributed by atoms with Crippen LogP contribution in [0.2, 0.25) is 0 Å². The Morgan fingerprint density at radius 3 is 1.19 bits per heavy atom. The fraction of sp³-hybridized carbons (Fsp3) is 0.571. The third-order valence-corrected chi connectivity index (χ3v) is 12.1. The number of hydrogen-bond donors (Lipinski definition) is 3. The molecule has 0 atom stereocenters. The molecule has 2 amide bonds. The molecule has 4 aromatic heterocycles. The maximum atomic E-state index is 13.2. The molecule has 6 aromatic rings. The molecule has 0 unspecified atom stereocenters. The summed E-state index contributed by atoms with van der Waals surface area (Å²) in [5, 5.41) is 43.4. The predicted molar refractivity (Wildman–Crippen MR) is 300 cm³/mol. The Balaban J connectivity index is 0.000000343. The minimum atomic E-state index is -0.211. The Morgan fingerprint density at radius 2 is 0.823 bits per heavy atom. The Labute approximate surface area is 464 Å². The Morgan fingerprint density at radius 1 is 0.443 bits per heavy atom. The van der Waals surface area contributed by atoms with Crippen LogP contribution in [0.1, 0.15) is 129 Å². The van der Waals surface area contributed by atoms with Crippen molar-refractivity contribution in [3.8, 4) is 45.0 Å². The van der Waals surface area contributed by atoms with Crippen LogP contribution in [0.25, 0.3) is 45.0 Å². The number of Topliss-reactive ketones (excluding diaryl/α,β-unsaturated/α-hetero) is 2. The molecule has 0 saturated carbocycles. The lowest BCUT2D eigenvalue weighted by Crippen LogP contribution is -2.34. The number of nitrogens with one attached hydrogen (secondary N) is 3. The molecule has 23 heteroatoms. The van der Waals surface area contributed by atoms with Crippen LogP contribution in [0, 0.1) is 11.8 Å². The van der Waals surface area contributed by atoms with Gasteiger partial charge in [0, 0.05) is 95.3 Å². The van der Waals surface area contributed by atoms with Crippen molar-refractivity contribution < 1.29 is 38.1 Å². The van der Waals surface area contributed by atoms with Crippen LogP contribution in [0.3, 0.4) is 0 Å². The lowest BCUT2D eigenvalue weighted by molar-refractivity contribution is -0.123. The fourth-order valence-electron chi connectivity index (χ4n) is 7.38. The van der Waals surface area contributed by atoms with Gasteiger partial charge in [-0.05, 0) is 77.9 Å². The van der Waals surface area contributed by atoms with Crippen molar-refractivity contribution in [1.29, 1.82) is 0 Å². The second-order valence-corrected chi connectivity index (χ2v) is 20.9. The smallest absolute Gasteiger partial charge is 0.251 e. The minimum Gasteiger partial charge on any atom is -0.379 e. The number of carbonyl (C=O) groups excluding carboxylic acids is 4. The maximum absolute atomic E-state index is 13.2. The van der Waals surface area contributed by atoms with Gasteiger partial charge in [0.25, 0.3) is 11.8 Å². The number of ether oxygens (including phenoxy) is 4. The molecule has 0 aliphatic carbocycles. The molecule has 2 aromatic carbocycles. The molecule has 0 bridgehead atoms. The van der Waals surface area contributed by atoms with Crippen LogP contribution in [0.4, 0.5) is 0 Å². The third-order valence-electron chi connectivity index (χ3n) is 12.1. The molecule has 6 rings (SSSR count).